The minimum Gasteiger partial charge on any atom is -0.331 e. The van der Waals surface area contributed by atoms with Crippen molar-refractivity contribution in [2.24, 2.45) is 0 Å². The van der Waals surface area contributed by atoms with E-state index in [0.717, 1.165) is 17.7 Å². The highest BCUT2D eigenvalue weighted by molar-refractivity contribution is 5.99. The summed E-state index contributed by atoms with van der Waals surface area (Å²) in [5.41, 5.74) is 2.00. The normalized spacial score (nSPS) is 19.8. The Morgan fingerprint density at radius 3 is 2.33 bits per heavy atom. The van der Waals surface area contributed by atoms with Gasteiger partial charge in [-0.15, -0.1) is 0 Å². The summed E-state index contributed by atoms with van der Waals surface area (Å²) in [6.07, 6.45) is 1.31. The van der Waals surface area contributed by atoms with Crippen molar-refractivity contribution in [3.8, 4) is 0 Å². The van der Waals surface area contributed by atoms with E-state index in [-0.39, 0.29) is 24.3 Å². The van der Waals surface area contributed by atoms with Gasteiger partial charge in [0.05, 0.1) is 0 Å². The van der Waals surface area contributed by atoms with Crippen LogP contribution in [0.4, 0.5) is 5.69 Å². The molecule has 1 unspecified atom stereocenters. The van der Waals surface area contributed by atoms with Crippen LogP contribution in [-0.2, 0) is 14.4 Å². The van der Waals surface area contributed by atoms with Crippen LogP contribution in [0.5, 0.6) is 0 Å². The van der Waals surface area contributed by atoms with Crippen LogP contribution in [0.3, 0.4) is 0 Å². The van der Waals surface area contributed by atoms with Crippen molar-refractivity contribution >= 4 is 23.4 Å². The third-order valence-corrected chi connectivity index (χ3v) is 4.81. The first-order chi connectivity index (χ1) is 11.5. The molecule has 0 saturated carbocycles. The molecule has 2 saturated heterocycles. The fraction of sp³-hybridized carbons (Fsp3) is 0.500. The van der Waals surface area contributed by atoms with Gasteiger partial charge in [-0.3, -0.25) is 14.4 Å². The largest absolute Gasteiger partial charge is 0.331 e. The van der Waals surface area contributed by atoms with Crippen LogP contribution in [-0.4, -0.2) is 59.7 Å². The van der Waals surface area contributed by atoms with Crippen molar-refractivity contribution in [1.82, 2.24) is 9.80 Å². The highest BCUT2D eigenvalue weighted by Gasteiger charge is 2.35. The molecule has 0 spiro atoms. The van der Waals surface area contributed by atoms with Crippen molar-refractivity contribution in [2.75, 3.05) is 31.1 Å². The maximum absolute atomic E-state index is 12.6. The first kappa shape index (κ1) is 16.5. The number of carbonyl (C=O) groups is 3. The number of benzene rings is 1. The summed E-state index contributed by atoms with van der Waals surface area (Å²) >= 11 is 0. The van der Waals surface area contributed by atoms with Crippen LogP contribution in [0.1, 0.15) is 25.3 Å². The lowest BCUT2D eigenvalue weighted by molar-refractivity contribution is -0.145. The van der Waals surface area contributed by atoms with Crippen LogP contribution in [0, 0.1) is 6.92 Å². The Kier molecular flexibility index (Phi) is 4.55. The second kappa shape index (κ2) is 6.63. The quantitative estimate of drug-likeness (QED) is 0.837. The summed E-state index contributed by atoms with van der Waals surface area (Å²) in [4.78, 5) is 41.8. The van der Waals surface area contributed by atoms with E-state index in [4.69, 9.17) is 0 Å². The fourth-order valence-electron chi connectivity index (χ4n) is 3.34. The summed E-state index contributed by atoms with van der Waals surface area (Å²) < 4.78 is 0. The summed E-state index contributed by atoms with van der Waals surface area (Å²) in [6.45, 7) is 5.42. The standard InChI is InChI=1S/C18H23N3O3/c1-13-5-7-15(8-6-13)21-11-10-19(12-17(21)23)18(24)14(2)20-9-3-4-16(20)22/h5-8,14H,3-4,9-12H2,1-2H3. The average Bonchev–Trinajstić information content (AvgIpc) is 3.00. The second-order valence-corrected chi connectivity index (χ2v) is 6.51. The molecule has 1 atom stereocenters. The number of anilines is 1. The van der Waals surface area contributed by atoms with Gasteiger partial charge in [-0.2, -0.15) is 0 Å². The highest BCUT2D eigenvalue weighted by atomic mass is 16.2. The number of hydrogen-bond acceptors (Lipinski definition) is 3. The topological polar surface area (TPSA) is 60.9 Å². The second-order valence-electron chi connectivity index (χ2n) is 6.51. The highest BCUT2D eigenvalue weighted by Crippen LogP contribution is 2.20. The summed E-state index contributed by atoms with van der Waals surface area (Å²) in [7, 11) is 0. The predicted molar refractivity (Wildman–Crippen MR) is 90.5 cm³/mol. The molecule has 0 bridgehead atoms. The molecule has 0 N–H and O–H groups in total. The van der Waals surface area contributed by atoms with E-state index in [0.29, 0.717) is 26.1 Å². The zero-order chi connectivity index (χ0) is 17.3. The van der Waals surface area contributed by atoms with Crippen molar-refractivity contribution in [1.29, 1.82) is 0 Å². The first-order valence-corrected chi connectivity index (χ1v) is 8.42. The van der Waals surface area contributed by atoms with Crippen LogP contribution in [0.15, 0.2) is 24.3 Å². The Labute approximate surface area is 142 Å². The van der Waals surface area contributed by atoms with Gasteiger partial charge in [0.15, 0.2) is 0 Å². The van der Waals surface area contributed by atoms with Gasteiger partial charge in [-0.1, -0.05) is 17.7 Å². The molecule has 1 aromatic carbocycles. The average molecular weight is 329 g/mol. The Hall–Kier alpha value is -2.37. The minimum atomic E-state index is -0.487. The van der Waals surface area contributed by atoms with Crippen molar-refractivity contribution < 1.29 is 14.4 Å². The number of nitrogens with zero attached hydrogens (tertiary/aromatic N) is 3. The third-order valence-electron chi connectivity index (χ3n) is 4.81. The summed E-state index contributed by atoms with van der Waals surface area (Å²) in [6, 6.07) is 7.31. The number of hydrogen-bond donors (Lipinski definition) is 0. The monoisotopic (exact) mass is 329 g/mol. The number of carbonyl (C=O) groups excluding carboxylic acids is 3. The van der Waals surface area contributed by atoms with Gasteiger partial charge >= 0.3 is 0 Å². The molecule has 0 aromatic heterocycles. The number of aryl methyl sites for hydroxylation is 1. The molecule has 0 aliphatic carbocycles. The van der Waals surface area contributed by atoms with E-state index in [1.807, 2.05) is 31.2 Å². The predicted octanol–water partition coefficient (Wildman–Crippen LogP) is 1.18. The van der Waals surface area contributed by atoms with Gasteiger partial charge < -0.3 is 14.7 Å². The Morgan fingerprint density at radius 1 is 1.04 bits per heavy atom. The van der Waals surface area contributed by atoms with E-state index >= 15 is 0 Å². The minimum absolute atomic E-state index is 0.0282. The molecule has 6 heteroatoms. The lowest BCUT2D eigenvalue weighted by atomic mass is 10.1. The van der Waals surface area contributed by atoms with Crippen molar-refractivity contribution in [2.45, 2.75) is 32.7 Å². The molecular weight excluding hydrogens is 306 g/mol. The van der Waals surface area contributed by atoms with Gasteiger partial charge in [0.1, 0.15) is 12.6 Å². The van der Waals surface area contributed by atoms with Gasteiger partial charge in [-0.25, -0.2) is 0 Å². The van der Waals surface area contributed by atoms with Crippen molar-refractivity contribution in [3.05, 3.63) is 29.8 Å². The number of piperazine rings is 1. The molecule has 24 heavy (non-hydrogen) atoms. The number of rotatable bonds is 3. The number of likely N-dealkylation sites (tertiary alicyclic amines) is 1. The molecule has 3 rings (SSSR count). The maximum Gasteiger partial charge on any atom is 0.246 e. The molecule has 128 valence electrons. The summed E-state index contributed by atoms with van der Waals surface area (Å²) in [5, 5.41) is 0. The Bertz CT molecular complexity index is 656. The van der Waals surface area contributed by atoms with Gasteiger partial charge in [-0.05, 0) is 32.4 Å². The van der Waals surface area contributed by atoms with E-state index < -0.39 is 6.04 Å². The Balaban J connectivity index is 1.64. The van der Waals surface area contributed by atoms with Crippen LogP contribution < -0.4 is 4.90 Å². The van der Waals surface area contributed by atoms with E-state index in [1.54, 1.807) is 21.6 Å². The van der Waals surface area contributed by atoms with Crippen LogP contribution in [0.25, 0.3) is 0 Å². The molecule has 6 nitrogen and oxygen atoms in total. The smallest absolute Gasteiger partial charge is 0.246 e. The molecule has 1 aromatic rings. The van der Waals surface area contributed by atoms with Crippen LogP contribution >= 0.6 is 0 Å². The molecule has 2 fully saturated rings. The van der Waals surface area contributed by atoms with Crippen molar-refractivity contribution in [3.63, 3.8) is 0 Å². The third kappa shape index (κ3) is 3.13. The molecule has 2 heterocycles. The lowest BCUT2D eigenvalue weighted by Gasteiger charge is -2.37. The molecule has 2 aliphatic rings. The number of amides is 3. The van der Waals surface area contributed by atoms with Gasteiger partial charge in [0, 0.05) is 31.7 Å². The lowest BCUT2D eigenvalue weighted by Crippen LogP contribution is -2.56. The molecule has 2 aliphatic heterocycles. The van der Waals surface area contributed by atoms with Gasteiger partial charge in [0.25, 0.3) is 0 Å². The Morgan fingerprint density at radius 2 is 1.75 bits per heavy atom. The van der Waals surface area contributed by atoms with Crippen LogP contribution in [0.2, 0.25) is 0 Å². The zero-order valence-corrected chi connectivity index (χ0v) is 14.2. The summed E-state index contributed by atoms with van der Waals surface area (Å²) in [5.74, 6) is -0.193. The first-order valence-electron chi connectivity index (χ1n) is 8.42. The zero-order valence-electron chi connectivity index (χ0n) is 14.2. The van der Waals surface area contributed by atoms with E-state index in [9.17, 15) is 14.4 Å². The molecule has 0 radical (unpaired) electrons. The van der Waals surface area contributed by atoms with E-state index in [2.05, 4.69) is 0 Å². The fourth-order valence-corrected chi connectivity index (χ4v) is 3.34. The SMILES string of the molecule is Cc1ccc(N2CCN(C(=O)C(C)N3CCCC3=O)CC2=O)cc1. The maximum atomic E-state index is 12.6. The van der Waals surface area contributed by atoms with Gasteiger partial charge in [0.2, 0.25) is 17.7 Å². The molecule has 3 amide bonds. The molecular formula is C18H23N3O3. The van der Waals surface area contributed by atoms with E-state index in [1.165, 1.54) is 0 Å².